The molecule has 2 aromatic carbocycles. The highest BCUT2D eigenvalue weighted by atomic mass is 35.5. The minimum Gasteiger partial charge on any atom is -0.462 e. The lowest BCUT2D eigenvalue weighted by Crippen LogP contribution is -2.07. The van der Waals surface area contributed by atoms with E-state index in [4.69, 9.17) is 16.3 Å². The number of alkyl halides is 3. The Labute approximate surface area is 179 Å². The Hall–Kier alpha value is -2.45. The summed E-state index contributed by atoms with van der Waals surface area (Å²) in [7, 11) is 0. The lowest BCUT2D eigenvalue weighted by Gasteiger charge is -2.06. The molecule has 0 fully saturated rings. The summed E-state index contributed by atoms with van der Waals surface area (Å²) in [5.41, 5.74) is 0.349. The summed E-state index contributed by atoms with van der Waals surface area (Å²) in [6.07, 6.45) is -4.03. The predicted octanol–water partition coefficient (Wildman–Crippen LogP) is 6.58. The molecule has 1 heterocycles. The van der Waals surface area contributed by atoms with E-state index in [0.717, 1.165) is 23.5 Å². The van der Waals surface area contributed by atoms with Gasteiger partial charge < -0.3 is 4.74 Å². The van der Waals surface area contributed by atoms with Crippen LogP contribution in [0.25, 0.3) is 10.6 Å². The molecule has 3 nitrogen and oxygen atoms in total. The van der Waals surface area contributed by atoms with Crippen LogP contribution in [0.4, 0.5) is 17.6 Å². The van der Waals surface area contributed by atoms with Crippen molar-refractivity contribution in [1.82, 2.24) is 4.98 Å². The number of carbonyl (C=O) groups excluding carboxylic acids is 1. The van der Waals surface area contributed by atoms with Crippen LogP contribution < -0.4 is 0 Å². The first-order valence-corrected chi connectivity index (χ1v) is 10.2. The van der Waals surface area contributed by atoms with Crippen LogP contribution in [0.15, 0.2) is 42.5 Å². The van der Waals surface area contributed by atoms with E-state index in [9.17, 15) is 22.4 Å². The number of aryl methyl sites for hydroxylation is 1. The van der Waals surface area contributed by atoms with Crippen molar-refractivity contribution in [3.05, 3.63) is 75.0 Å². The highest BCUT2D eigenvalue weighted by Crippen LogP contribution is 2.34. The van der Waals surface area contributed by atoms with Crippen molar-refractivity contribution in [3.63, 3.8) is 0 Å². The van der Waals surface area contributed by atoms with Crippen LogP contribution in [0.3, 0.4) is 0 Å². The second-order valence-electron chi connectivity index (χ2n) is 6.29. The molecule has 0 unspecified atom stereocenters. The normalized spacial score (nSPS) is 11.5. The smallest absolute Gasteiger partial charge is 0.416 e. The Morgan fingerprint density at radius 3 is 2.43 bits per heavy atom. The molecule has 1 aromatic heterocycles. The van der Waals surface area contributed by atoms with Crippen LogP contribution in [0.2, 0.25) is 5.02 Å². The van der Waals surface area contributed by atoms with Gasteiger partial charge in [-0.2, -0.15) is 13.2 Å². The number of benzene rings is 2. The van der Waals surface area contributed by atoms with E-state index in [0.29, 0.717) is 21.8 Å². The van der Waals surface area contributed by atoms with Crippen molar-refractivity contribution < 1.29 is 27.1 Å². The molecule has 0 spiro atoms. The van der Waals surface area contributed by atoms with Crippen LogP contribution in [0.1, 0.15) is 33.4 Å². The number of esters is 1. The summed E-state index contributed by atoms with van der Waals surface area (Å²) in [5, 5.41) is 0.646. The topological polar surface area (TPSA) is 39.2 Å². The molecule has 0 amide bonds. The molecule has 0 atom stereocenters. The van der Waals surface area contributed by atoms with Crippen LogP contribution in [0.5, 0.6) is 0 Å². The number of thiazole rings is 1. The maximum atomic E-state index is 14.1. The molecular weight excluding hydrogens is 442 g/mol. The van der Waals surface area contributed by atoms with Gasteiger partial charge in [0.1, 0.15) is 15.7 Å². The van der Waals surface area contributed by atoms with Crippen molar-refractivity contribution >= 4 is 28.9 Å². The van der Waals surface area contributed by atoms with E-state index >= 15 is 0 Å². The average molecular weight is 458 g/mol. The van der Waals surface area contributed by atoms with Crippen LogP contribution in [0, 0.1) is 5.82 Å². The van der Waals surface area contributed by atoms with Crippen LogP contribution >= 0.6 is 22.9 Å². The number of nitrogens with zero attached hydrogens (tertiary/aromatic N) is 1. The summed E-state index contributed by atoms with van der Waals surface area (Å²) in [6.45, 7) is 1.82. The van der Waals surface area contributed by atoms with E-state index in [2.05, 4.69) is 4.98 Å². The Bertz CT molecular complexity index is 1030. The monoisotopic (exact) mass is 457 g/mol. The van der Waals surface area contributed by atoms with E-state index in [1.165, 1.54) is 24.3 Å². The van der Waals surface area contributed by atoms with Gasteiger partial charge in [-0.05, 0) is 44.0 Å². The van der Waals surface area contributed by atoms with Crippen molar-refractivity contribution in [2.24, 2.45) is 0 Å². The van der Waals surface area contributed by atoms with Gasteiger partial charge in [0.05, 0.1) is 17.9 Å². The third-order valence-corrected chi connectivity index (χ3v) is 5.77. The Morgan fingerprint density at radius 1 is 1.13 bits per heavy atom. The third-order valence-electron chi connectivity index (χ3n) is 4.29. The van der Waals surface area contributed by atoms with E-state index in [1.807, 2.05) is 0 Å². The second kappa shape index (κ2) is 9.14. The van der Waals surface area contributed by atoms with Crippen LogP contribution in [-0.2, 0) is 23.8 Å². The summed E-state index contributed by atoms with van der Waals surface area (Å²) >= 11 is 7.08. The predicted molar refractivity (Wildman–Crippen MR) is 107 cm³/mol. The number of carbonyl (C=O) groups is 1. The number of halogens is 5. The van der Waals surface area contributed by atoms with Crippen molar-refractivity contribution in [2.75, 3.05) is 6.61 Å². The minimum atomic E-state index is -4.44. The van der Waals surface area contributed by atoms with Gasteiger partial charge in [0.25, 0.3) is 0 Å². The van der Waals surface area contributed by atoms with Gasteiger partial charge in [-0.3, -0.25) is 0 Å². The van der Waals surface area contributed by atoms with E-state index < -0.39 is 23.5 Å². The first kappa shape index (κ1) is 22.2. The van der Waals surface area contributed by atoms with Gasteiger partial charge in [0, 0.05) is 16.1 Å². The number of rotatable bonds is 6. The Morgan fingerprint density at radius 2 is 1.83 bits per heavy atom. The Balaban J connectivity index is 1.92. The summed E-state index contributed by atoms with van der Waals surface area (Å²) in [6, 6.07) is 8.88. The number of hydrogen-bond donors (Lipinski definition) is 0. The zero-order valence-corrected chi connectivity index (χ0v) is 17.3. The zero-order chi connectivity index (χ0) is 21.9. The third kappa shape index (κ3) is 4.99. The highest BCUT2D eigenvalue weighted by Gasteiger charge is 2.30. The molecule has 0 saturated carbocycles. The molecule has 30 heavy (non-hydrogen) atoms. The lowest BCUT2D eigenvalue weighted by atomic mass is 10.1. The quantitative estimate of drug-likeness (QED) is 0.310. The van der Waals surface area contributed by atoms with Gasteiger partial charge >= 0.3 is 12.1 Å². The summed E-state index contributed by atoms with van der Waals surface area (Å²) in [5.74, 6) is -1.04. The fraction of sp³-hybridized carbons (Fsp3) is 0.238. The van der Waals surface area contributed by atoms with Gasteiger partial charge in [0.2, 0.25) is 0 Å². The van der Waals surface area contributed by atoms with Crippen molar-refractivity contribution in [2.45, 2.75) is 25.9 Å². The first-order valence-electron chi connectivity index (χ1n) is 8.98. The number of ether oxygens (including phenoxy) is 1. The molecule has 3 aromatic rings. The van der Waals surface area contributed by atoms with Crippen molar-refractivity contribution in [1.29, 1.82) is 0 Å². The maximum Gasteiger partial charge on any atom is 0.416 e. The first-order chi connectivity index (χ1) is 14.2. The SMILES string of the molecule is CCOC(=O)c1sc(-c2ccc(C(F)(F)F)cc2)nc1CCc1c(F)cccc1Cl. The summed E-state index contributed by atoms with van der Waals surface area (Å²) in [4.78, 5) is 17.0. The molecule has 158 valence electrons. The van der Waals surface area contributed by atoms with Gasteiger partial charge in [0.15, 0.2) is 0 Å². The molecule has 0 radical (unpaired) electrons. The largest absolute Gasteiger partial charge is 0.462 e. The minimum absolute atomic E-state index is 0.158. The molecule has 0 aliphatic heterocycles. The zero-order valence-electron chi connectivity index (χ0n) is 15.7. The summed E-state index contributed by atoms with van der Waals surface area (Å²) < 4.78 is 57.5. The number of hydrogen-bond acceptors (Lipinski definition) is 4. The van der Waals surface area contributed by atoms with Gasteiger partial charge in [-0.1, -0.05) is 29.8 Å². The van der Waals surface area contributed by atoms with Crippen LogP contribution in [-0.4, -0.2) is 17.6 Å². The lowest BCUT2D eigenvalue weighted by molar-refractivity contribution is -0.137. The molecule has 0 aliphatic rings. The molecular formula is C21H16ClF4NO2S. The molecule has 9 heteroatoms. The average Bonchev–Trinajstić information content (AvgIpc) is 3.12. The highest BCUT2D eigenvalue weighted by molar-refractivity contribution is 7.17. The van der Waals surface area contributed by atoms with Crippen molar-refractivity contribution in [3.8, 4) is 10.6 Å². The maximum absolute atomic E-state index is 14.1. The number of aromatic nitrogens is 1. The van der Waals surface area contributed by atoms with E-state index in [1.54, 1.807) is 13.0 Å². The fourth-order valence-corrected chi connectivity index (χ4v) is 4.09. The van der Waals surface area contributed by atoms with Gasteiger partial charge in [-0.15, -0.1) is 11.3 Å². The molecule has 0 N–H and O–H groups in total. The standard InChI is InChI=1S/C21H16ClF4NO2S/c1-2-29-20(28)18-17(11-10-14-15(22)4-3-5-16(14)23)27-19(30-18)12-6-8-13(9-7-12)21(24,25)26/h3-9H,2,10-11H2,1H3. The molecule has 3 rings (SSSR count). The van der Waals surface area contributed by atoms with Gasteiger partial charge in [-0.25, -0.2) is 14.2 Å². The molecule has 0 saturated heterocycles. The molecule has 0 aliphatic carbocycles. The van der Waals surface area contributed by atoms with E-state index in [-0.39, 0.29) is 29.3 Å². The fourth-order valence-electron chi connectivity index (χ4n) is 2.82. The Kier molecular flexibility index (Phi) is 6.77. The second-order valence-corrected chi connectivity index (χ2v) is 7.70. The molecule has 0 bridgehead atoms.